The molecule has 24 heavy (non-hydrogen) atoms. The molecule has 0 aliphatic carbocycles. The van der Waals surface area contributed by atoms with Crippen LogP contribution in [0.3, 0.4) is 0 Å². The first-order chi connectivity index (χ1) is 11.1. The Kier molecular flexibility index (Phi) is 9.05. The summed E-state index contributed by atoms with van der Waals surface area (Å²) in [7, 11) is 0. The summed E-state index contributed by atoms with van der Waals surface area (Å²) in [5.74, 6) is -0.00877. The number of carbonyl (C=O) groups is 2. The molecule has 1 aliphatic rings. The van der Waals surface area contributed by atoms with Crippen LogP contribution in [0, 0.1) is 17.8 Å². The Morgan fingerprint density at radius 2 is 1.12 bits per heavy atom. The van der Waals surface area contributed by atoms with Crippen molar-refractivity contribution in [1.29, 1.82) is 0 Å². The summed E-state index contributed by atoms with van der Waals surface area (Å²) < 4.78 is 23.5. The average molecular weight is 381 g/mol. The molecular formula is C16H31NO6Ti. The van der Waals surface area contributed by atoms with Crippen molar-refractivity contribution in [2.24, 2.45) is 17.8 Å². The SMILES string of the molecule is CC(C)C[O][Ti]([O]CC(C)C)([O]CC(C)C)[O]N1C(=O)CCC1=O. The Hall–Kier alpha value is -0.306. The van der Waals surface area contributed by atoms with Crippen molar-refractivity contribution >= 4 is 11.8 Å². The molecule has 140 valence electrons. The van der Waals surface area contributed by atoms with Crippen LogP contribution >= 0.6 is 0 Å². The molecule has 1 aliphatic heterocycles. The minimum atomic E-state index is -4.26. The van der Waals surface area contributed by atoms with E-state index in [4.69, 9.17) is 13.4 Å². The number of carbonyl (C=O) groups excluding carboxylic acids is 2. The molecule has 0 unspecified atom stereocenters. The second-order valence-corrected chi connectivity index (χ2v) is 10.5. The van der Waals surface area contributed by atoms with Crippen LogP contribution in [0.4, 0.5) is 0 Å². The molecule has 8 heteroatoms. The summed E-state index contributed by atoms with van der Waals surface area (Å²) >= 11 is -4.26. The summed E-state index contributed by atoms with van der Waals surface area (Å²) in [5.41, 5.74) is 0. The fourth-order valence-corrected chi connectivity index (χ4v) is 5.60. The van der Waals surface area contributed by atoms with E-state index < -0.39 is 18.1 Å². The molecule has 0 radical (unpaired) electrons. The van der Waals surface area contributed by atoms with Crippen molar-refractivity contribution in [3.05, 3.63) is 0 Å². The van der Waals surface area contributed by atoms with Crippen LogP contribution in [0.25, 0.3) is 0 Å². The summed E-state index contributed by atoms with van der Waals surface area (Å²) in [5, 5.41) is 0.793. The van der Waals surface area contributed by atoms with Crippen molar-refractivity contribution in [3.8, 4) is 0 Å². The number of nitrogens with zero attached hydrogens (tertiary/aromatic N) is 1. The third-order valence-electron chi connectivity index (χ3n) is 2.99. The standard InChI is InChI=1S/C4H4NO3.3C4H9O.Ti/c6-3-1-2-4(7)5(3)8;3*1-4(2)3-5;/h1-2H2;3*4H,3H2,1-2H3;/q4*-1;+4. The van der Waals surface area contributed by atoms with Crippen LogP contribution < -0.4 is 0 Å². The first kappa shape index (κ1) is 21.7. The third kappa shape index (κ3) is 7.29. The van der Waals surface area contributed by atoms with Crippen molar-refractivity contribution in [2.45, 2.75) is 54.4 Å². The van der Waals surface area contributed by atoms with Gasteiger partial charge in [0.25, 0.3) is 0 Å². The fraction of sp³-hybridized carbons (Fsp3) is 0.875. The zero-order valence-electron chi connectivity index (χ0n) is 15.7. The van der Waals surface area contributed by atoms with Crippen molar-refractivity contribution in [1.82, 2.24) is 5.06 Å². The van der Waals surface area contributed by atoms with E-state index in [0.29, 0.717) is 19.8 Å². The summed E-state index contributed by atoms with van der Waals surface area (Å²) in [6, 6.07) is 0. The molecule has 0 atom stereocenters. The second-order valence-electron chi connectivity index (χ2n) is 7.29. The molecule has 0 aromatic carbocycles. The third-order valence-corrected chi connectivity index (χ3v) is 6.06. The average Bonchev–Trinajstić information content (AvgIpc) is 2.80. The van der Waals surface area contributed by atoms with Crippen LogP contribution in [-0.2, 0) is 41.1 Å². The summed E-state index contributed by atoms with van der Waals surface area (Å²) in [6.45, 7) is 13.2. The first-order valence-corrected chi connectivity index (χ1v) is 11.2. The maximum atomic E-state index is 11.9. The van der Waals surface area contributed by atoms with Crippen molar-refractivity contribution < 1.29 is 41.1 Å². The quantitative estimate of drug-likeness (QED) is 0.405. The molecule has 1 fully saturated rings. The van der Waals surface area contributed by atoms with Gasteiger partial charge in [-0.3, -0.25) is 0 Å². The van der Waals surface area contributed by atoms with E-state index in [-0.39, 0.29) is 42.4 Å². The number of hydrogen-bond donors (Lipinski definition) is 0. The van der Waals surface area contributed by atoms with Gasteiger partial charge in [-0.25, -0.2) is 0 Å². The maximum absolute atomic E-state index is 11.9. The normalized spacial score (nSPS) is 16.3. The molecule has 7 nitrogen and oxygen atoms in total. The monoisotopic (exact) mass is 381 g/mol. The van der Waals surface area contributed by atoms with Crippen LogP contribution in [0.5, 0.6) is 0 Å². The van der Waals surface area contributed by atoms with Crippen LogP contribution in [0.2, 0.25) is 0 Å². The predicted molar refractivity (Wildman–Crippen MR) is 84.5 cm³/mol. The molecule has 0 bridgehead atoms. The van der Waals surface area contributed by atoms with Gasteiger partial charge in [-0.2, -0.15) is 0 Å². The molecule has 1 saturated heterocycles. The summed E-state index contributed by atoms with van der Waals surface area (Å²) in [6.07, 6.45) is 0.297. The molecule has 0 saturated carbocycles. The van der Waals surface area contributed by atoms with E-state index in [1.165, 1.54) is 0 Å². The van der Waals surface area contributed by atoms with Gasteiger partial charge >= 0.3 is 150 Å². The van der Waals surface area contributed by atoms with Gasteiger partial charge in [0.1, 0.15) is 0 Å². The zero-order chi connectivity index (χ0) is 18.3. The molecule has 0 aromatic heterocycles. The Morgan fingerprint density at radius 1 is 0.792 bits per heavy atom. The van der Waals surface area contributed by atoms with E-state index in [0.717, 1.165) is 5.06 Å². The Labute approximate surface area is 150 Å². The number of amides is 2. The van der Waals surface area contributed by atoms with Gasteiger partial charge in [-0.1, -0.05) is 0 Å². The fourth-order valence-electron chi connectivity index (χ4n) is 1.78. The number of hydrogen-bond acceptors (Lipinski definition) is 6. The van der Waals surface area contributed by atoms with Crippen molar-refractivity contribution in [2.75, 3.05) is 19.8 Å². The van der Waals surface area contributed by atoms with Crippen LogP contribution in [0.1, 0.15) is 54.4 Å². The van der Waals surface area contributed by atoms with Crippen LogP contribution in [-0.4, -0.2) is 36.7 Å². The Bertz CT molecular complexity index is 380. The number of imide groups is 1. The van der Waals surface area contributed by atoms with Crippen molar-refractivity contribution in [3.63, 3.8) is 0 Å². The van der Waals surface area contributed by atoms with Gasteiger partial charge in [0.2, 0.25) is 0 Å². The molecule has 0 N–H and O–H groups in total. The van der Waals surface area contributed by atoms with E-state index in [2.05, 4.69) is 0 Å². The van der Waals surface area contributed by atoms with Crippen LogP contribution in [0.15, 0.2) is 0 Å². The van der Waals surface area contributed by atoms with Gasteiger partial charge < -0.3 is 0 Å². The Balaban J connectivity index is 2.96. The zero-order valence-corrected chi connectivity index (χ0v) is 17.2. The van der Waals surface area contributed by atoms with Gasteiger partial charge in [0.05, 0.1) is 0 Å². The second kappa shape index (κ2) is 9.99. The van der Waals surface area contributed by atoms with Gasteiger partial charge in [0, 0.05) is 0 Å². The molecule has 1 heterocycles. The minimum absolute atomic E-state index is 0.149. The van der Waals surface area contributed by atoms with Gasteiger partial charge in [0.15, 0.2) is 0 Å². The predicted octanol–water partition coefficient (Wildman–Crippen LogP) is 2.90. The summed E-state index contributed by atoms with van der Waals surface area (Å²) in [4.78, 5) is 23.8. The van der Waals surface area contributed by atoms with Gasteiger partial charge in [-0.15, -0.1) is 0 Å². The molecule has 1 rings (SSSR count). The number of rotatable bonds is 11. The first-order valence-electron chi connectivity index (χ1n) is 8.62. The number of hydroxylamine groups is 2. The van der Waals surface area contributed by atoms with E-state index in [1.54, 1.807) is 0 Å². The van der Waals surface area contributed by atoms with Gasteiger partial charge in [-0.05, 0) is 0 Å². The topological polar surface area (TPSA) is 74.3 Å². The molecule has 0 spiro atoms. The molecular weight excluding hydrogens is 350 g/mol. The Morgan fingerprint density at radius 3 is 1.42 bits per heavy atom. The molecule has 0 aromatic rings. The van der Waals surface area contributed by atoms with E-state index >= 15 is 0 Å². The van der Waals surface area contributed by atoms with E-state index in [1.807, 2.05) is 41.5 Å². The van der Waals surface area contributed by atoms with E-state index in [9.17, 15) is 9.59 Å². The molecule has 2 amide bonds.